The van der Waals surface area contributed by atoms with Gasteiger partial charge < -0.3 is 4.74 Å². The average molecular weight is 421 g/mol. The first-order valence-corrected chi connectivity index (χ1v) is 10.2. The fourth-order valence-corrected chi connectivity index (χ4v) is 3.84. The Kier molecular flexibility index (Phi) is 5.60. The maximum atomic E-state index is 12.6. The second-order valence-corrected chi connectivity index (χ2v) is 7.57. The quantitative estimate of drug-likeness (QED) is 0.407. The fraction of sp³-hybridized carbons (Fsp3) is 0.0435. The molecule has 0 aliphatic heterocycles. The highest BCUT2D eigenvalue weighted by Gasteiger charge is 2.15. The van der Waals surface area contributed by atoms with Gasteiger partial charge in [0.05, 0.1) is 18.4 Å². The number of carbonyl (C=O) groups is 1. The number of anilines is 1. The first kappa shape index (κ1) is 19.2. The Morgan fingerprint density at radius 3 is 2.38 bits per heavy atom. The van der Waals surface area contributed by atoms with Gasteiger partial charge in [-0.3, -0.25) is 10.1 Å². The Morgan fingerprint density at radius 1 is 0.966 bits per heavy atom. The number of rotatable bonds is 5. The molecule has 0 saturated heterocycles. The molecule has 1 aromatic heterocycles. The molecule has 0 unspecified atom stereocenters. The third-order valence-electron chi connectivity index (χ3n) is 4.42. The highest BCUT2D eigenvalue weighted by molar-refractivity contribution is 7.14. The minimum absolute atomic E-state index is 0.315. The van der Waals surface area contributed by atoms with Crippen LogP contribution in [-0.2, 0) is 0 Å². The molecule has 4 rings (SSSR count). The van der Waals surface area contributed by atoms with Crippen LogP contribution in [0.2, 0.25) is 5.02 Å². The van der Waals surface area contributed by atoms with E-state index in [1.54, 1.807) is 18.2 Å². The molecule has 3 aromatic carbocycles. The van der Waals surface area contributed by atoms with E-state index in [1.807, 2.05) is 35.7 Å². The third kappa shape index (κ3) is 4.31. The fourth-order valence-electron chi connectivity index (χ4n) is 2.95. The van der Waals surface area contributed by atoms with Crippen molar-refractivity contribution in [3.63, 3.8) is 0 Å². The summed E-state index contributed by atoms with van der Waals surface area (Å²) in [4.78, 5) is 17.1. The molecule has 0 aliphatic rings. The maximum Gasteiger partial charge on any atom is 0.261 e. The van der Waals surface area contributed by atoms with Gasteiger partial charge in [0.25, 0.3) is 5.91 Å². The Bertz CT molecular complexity index is 1140. The number of halogens is 1. The van der Waals surface area contributed by atoms with Crippen LogP contribution in [0.25, 0.3) is 22.4 Å². The number of ether oxygens (including phenoxy) is 1. The van der Waals surface area contributed by atoms with E-state index >= 15 is 0 Å². The van der Waals surface area contributed by atoms with Crippen LogP contribution in [-0.4, -0.2) is 18.0 Å². The number of hydrogen-bond acceptors (Lipinski definition) is 4. The molecule has 0 saturated carbocycles. The number of carbonyl (C=O) groups excluding carboxylic acids is 1. The second kappa shape index (κ2) is 8.47. The minimum atomic E-state index is -0.315. The van der Waals surface area contributed by atoms with Crippen LogP contribution in [0.15, 0.2) is 78.2 Å². The molecular formula is C23H17ClN2O2S. The summed E-state index contributed by atoms with van der Waals surface area (Å²) >= 11 is 7.38. The zero-order chi connectivity index (χ0) is 20.2. The van der Waals surface area contributed by atoms with Gasteiger partial charge in [0.15, 0.2) is 5.13 Å². The molecule has 1 amide bonds. The lowest BCUT2D eigenvalue weighted by atomic mass is 10.0. The standard InChI is InChI=1S/C23H17ClN2O2S/c1-28-21-12-11-18(24)13-19(21)22(27)26-23-25-20(14-29-23)17-9-7-16(8-10-17)15-5-3-2-4-6-15/h2-14H,1H3,(H,25,26,27). The molecule has 0 bridgehead atoms. The number of thiazole rings is 1. The highest BCUT2D eigenvalue weighted by Crippen LogP contribution is 2.29. The van der Waals surface area contributed by atoms with Crippen LogP contribution in [0.3, 0.4) is 0 Å². The number of hydrogen-bond donors (Lipinski definition) is 1. The van der Waals surface area contributed by atoms with Crippen LogP contribution >= 0.6 is 22.9 Å². The first-order chi connectivity index (χ1) is 14.1. The van der Waals surface area contributed by atoms with Crippen molar-refractivity contribution >= 4 is 34.0 Å². The zero-order valence-electron chi connectivity index (χ0n) is 15.6. The lowest BCUT2D eigenvalue weighted by Gasteiger charge is -2.08. The Hall–Kier alpha value is -3.15. The second-order valence-electron chi connectivity index (χ2n) is 6.28. The van der Waals surface area contributed by atoms with E-state index in [0.29, 0.717) is 21.5 Å². The summed E-state index contributed by atoms with van der Waals surface area (Å²) in [5.41, 5.74) is 4.47. The molecule has 144 valence electrons. The van der Waals surface area contributed by atoms with E-state index in [1.165, 1.54) is 24.0 Å². The predicted molar refractivity (Wildman–Crippen MR) is 119 cm³/mol. The van der Waals surface area contributed by atoms with E-state index in [-0.39, 0.29) is 5.91 Å². The Labute approximate surface area is 177 Å². The number of nitrogens with one attached hydrogen (secondary N) is 1. The van der Waals surface area contributed by atoms with Crippen LogP contribution < -0.4 is 10.1 Å². The zero-order valence-corrected chi connectivity index (χ0v) is 17.1. The lowest BCUT2D eigenvalue weighted by Crippen LogP contribution is -2.13. The molecule has 0 fully saturated rings. The molecule has 1 N–H and O–H groups in total. The summed E-state index contributed by atoms with van der Waals surface area (Å²) in [5, 5.41) is 5.72. The number of amides is 1. The Balaban J connectivity index is 1.52. The van der Waals surface area contributed by atoms with Crippen molar-refractivity contribution in [3.8, 4) is 28.1 Å². The monoisotopic (exact) mass is 420 g/mol. The van der Waals surface area contributed by atoms with Gasteiger partial charge in [0.1, 0.15) is 5.75 Å². The van der Waals surface area contributed by atoms with Crippen molar-refractivity contribution < 1.29 is 9.53 Å². The van der Waals surface area contributed by atoms with Gasteiger partial charge >= 0.3 is 0 Å². The van der Waals surface area contributed by atoms with Gasteiger partial charge in [-0.25, -0.2) is 4.98 Å². The molecule has 0 spiro atoms. The average Bonchev–Trinajstić information content (AvgIpc) is 3.23. The van der Waals surface area contributed by atoms with E-state index < -0.39 is 0 Å². The summed E-state index contributed by atoms with van der Waals surface area (Å²) in [5.74, 6) is 0.143. The van der Waals surface area contributed by atoms with Gasteiger partial charge in [0.2, 0.25) is 0 Å². The molecule has 0 aliphatic carbocycles. The highest BCUT2D eigenvalue weighted by atomic mass is 35.5. The Morgan fingerprint density at radius 2 is 1.66 bits per heavy atom. The van der Waals surface area contributed by atoms with Crippen LogP contribution in [0.4, 0.5) is 5.13 Å². The number of nitrogens with zero attached hydrogens (tertiary/aromatic N) is 1. The molecule has 4 nitrogen and oxygen atoms in total. The van der Waals surface area contributed by atoms with Crippen molar-refractivity contribution in [2.45, 2.75) is 0 Å². The topological polar surface area (TPSA) is 51.2 Å². The minimum Gasteiger partial charge on any atom is -0.496 e. The van der Waals surface area contributed by atoms with Crippen LogP contribution in [0, 0.1) is 0 Å². The SMILES string of the molecule is COc1ccc(Cl)cc1C(=O)Nc1nc(-c2ccc(-c3ccccc3)cc2)cs1. The molecule has 4 aromatic rings. The first-order valence-electron chi connectivity index (χ1n) is 8.90. The van der Waals surface area contributed by atoms with Gasteiger partial charge in [0, 0.05) is 16.0 Å². The van der Waals surface area contributed by atoms with Gasteiger partial charge in [-0.1, -0.05) is 66.2 Å². The molecule has 0 atom stereocenters. The summed E-state index contributed by atoms with van der Waals surface area (Å²) in [7, 11) is 1.51. The van der Waals surface area contributed by atoms with Gasteiger partial charge in [-0.2, -0.15) is 0 Å². The summed E-state index contributed by atoms with van der Waals surface area (Å²) in [6.07, 6.45) is 0. The largest absolute Gasteiger partial charge is 0.496 e. The number of aromatic nitrogens is 1. The summed E-state index contributed by atoms with van der Waals surface area (Å²) < 4.78 is 5.24. The van der Waals surface area contributed by atoms with Crippen molar-refractivity contribution in [1.82, 2.24) is 4.98 Å². The van der Waals surface area contributed by atoms with Gasteiger partial charge in [-0.15, -0.1) is 11.3 Å². The maximum absolute atomic E-state index is 12.6. The normalized spacial score (nSPS) is 10.6. The van der Waals surface area contributed by atoms with Gasteiger partial charge in [-0.05, 0) is 29.3 Å². The van der Waals surface area contributed by atoms with E-state index in [0.717, 1.165) is 16.8 Å². The van der Waals surface area contributed by atoms with Crippen molar-refractivity contribution in [1.29, 1.82) is 0 Å². The number of methoxy groups -OCH3 is 1. The molecule has 1 heterocycles. The van der Waals surface area contributed by atoms with Crippen LogP contribution in [0.5, 0.6) is 5.75 Å². The molecule has 0 radical (unpaired) electrons. The third-order valence-corrected chi connectivity index (χ3v) is 5.41. The lowest BCUT2D eigenvalue weighted by molar-refractivity contribution is 0.102. The molecule has 29 heavy (non-hydrogen) atoms. The molecule has 6 heteroatoms. The van der Waals surface area contributed by atoms with Crippen LogP contribution in [0.1, 0.15) is 10.4 Å². The van der Waals surface area contributed by atoms with Crippen molar-refractivity contribution in [3.05, 3.63) is 88.8 Å². The van der Waals surface area contributed by atoms with E-state index in [2.05, 4.69) is 34.6 Å². The summed E-state index contributed by atoms with van der Waals surface area (Å²) in [6.45, 7) is 0. The van der Waals surface area contributed by atoms with Crippen molar-refractivity contribution in [2.24, 2.45) is 0 Å². The summed E-state index contributed by atoms with van der Waals surface area (Å²) in [6, 6.07) is 23.3. The predicted octanol–water partition coefficient (Wildman–Crippen LogP) is 6.39. The molecular weight excluding hydrogens is 404 g/mol. The van der Waals surface area contributed by atoms with E-state index in [4.69, 9.17) is 16.3 Å². The van der Waals surface area contributed by atoms with E-state index in [9.17, 15) is 4.79 Å². The number of benzene rings is 3. The smallest absolute Gasteiger partial charge is 0.261 e. The van der Waals surface area contributed by atoms with Crippen molar-refractivity contribution in [2.75, 3.05) is 12.4 Å².